The van der Waals surface area contributed by atoms with Gasteiger partial charge in [0.2, 0.25) is 0 Å². The van der Waals surface area contributed by atoms with E-state index in [9.17, 15) is 9.90 Å². The van der Waals surface area contributed by atoms with Crippen LogP contribution in [-0.2, 0) is 9.53 Å². The molecule has 3 rings (SSSR count). The van der Waals surface area contributed by atoms with Gasteiger partial charge in [0.05, 0.1) is 11.3 Å². The molecule has 1 aliphatic rings. The molecule has 1 unspecified atom stereocenters. The Morgan fingerprint density at radius 2 is 1.90 bits per heavy atom. The average Bonchev–Trinajstić information content (AvgIpc) is 2.66. The molecular weight excluding hydrogens is 378 g/mol. The van der Waals surface area contributed by atoms with Gasteiger partial charge in [-0.3, -0.25) is 9.97 Å². The van der Waals surface area contributed by atoms with E-state index in [1.165, 1.54) is 0 Å². The lowest BCUT2D eigenvalue weighted by atomic mass is 9.82. The fraction of sp³-hybridized carbons (Fsp3) is 0.542. The van der Waals surface area contributed by atoms with E-state index >= 15 is 0 Å². The van der Waals surface area contributed by atoms with Crippen LogP contribution in [0.2, 0.25) is 0 Å². The first-order valence-corrected chi connectivity index (χ1v) is 10.5. The van der Waals surface area contributed by atoms with Gasteiger partial charge >= 0.3 is 5.97 Å². The number of piperidine rings is 1. The van der Waals surface area contributed by atoms with Crippen LogP contribution in [0.1, 0.15) is 64.8 Å². The second-order valence-electron chi connectivity index (χ2n) is 9.86. The summed E-state index contributed by atoms with van der Waals surface area (Å²) in [6, 6.07) is 3.87. The number of aliphatic carboxylic acids is 1. The Kier molecular flexibility index (Phi) is 6.18. The van der Waals surface area contributed by atoms with Crippen molar-refractivity contribution < 1.29 is 14.6 Å². The number of nitrogens with zero attached hydrogens (tertiary/aromatic N) is 3. The largest absolute Gasteiger partial charge is 0.479 e. The minimum absolute atomic E-state index is 0.279. The van der Waals surface area contributed by atoms with E-state index < -0.39 is 17.7 Å². The van der Waals surface area contributed by atoms with Crippen LogP contribution in [0.25, 0.3) is 11.1 Å². The van der Waals surface area contributed by atoms with Crippen LogP contribution in [-0.4, -0.2) is 39.7 Å². The predicted molar refractivity (Wildman–Crippen MR) is 119 cm³/mol. The van der Waals surface area contributed by atoms with Gasteiger partial charge in [0.15, 0.2) is 6.10 Å². The molecule has 1 aliphatic heterocycles. The summed E-state index contributed by atoms with van der Waals surface area (Å²) in [6.07, 6.45) is 6.35. The summed E-state index contributed by atoms with van der Waals surface area (Å²) in [4.78, 5) is 23.5. The van der Waals surface area contributed by atoms with E-state index in [-0.39, 0.29) is 5.41 Å². The van der Waals surface area contributed by atoms with E-state index in [1.54, 1.807) is 12.4 Å². The van der Waals surface area contributed by atoms with E-state index in [4.69, 9.17) is 4.74 Å². The molecule has 1 fully saturated rings. The summed E-state index contributed by atoms with van der Waals surface area (Å²) in [7, 11) is 0. The number of ether oxygens (including phenoxy) is 1. The van der Waals surface area contributed by atoms with Crippen molar-refractivity contribution in [2.75, 3.05) is 18.0 Å². The lowest BCUT2D eigenvalue weighted by Crippen LogP contribution is -2.39. The Morgan fingerprint density at radius 3 is 2.43 bits per heavy atom. The highest BCUT2D eigenvalue weighted by molar-refractivity contribution is 5.86. The summed E-state index contributed by atoms with van der Waals surface area (Å²) in [5.41, 5.74) is 3.71. The summed E-state index contributed by atoms with van der Waals surface area (Å²) >= 11 is 0. The van der Waals surface area contributed by atoms with E-state index in [0.29, 0.717) is 11.3 Å². The molecule has 0 amide bonds. The maximum Gasteiger partial charge on any atom is 0.337 e. The molecule has 2 aromatic rings. The van der Waals surface area contributed by atoms with Crippen molar-refractivity contribution in [2.45, 2.75) is 66.1 Å². The standard InChI is InChI=1S/C24H33N3O3/c1-16-19(21(22(28)29)30-23(2,3)4)20(27-12-9-24(5,6)10-13-27)18(15-26-16)17-8-7-11-25-14-17/h7-8,11,14-15,21H,9-10,12-13H2,1-6H3,(H,28,29). The van der Waals surface area contributed by atoms with Crippen LogP contribution < -0.4 is 4.90 Å². The highest BCUT2D eigenvalue weighted by Crippen LogP contribution is 2.43. The lowest BCUT2D eigenvalue weighted by molar-refractivity contribution is -0.160. The number of rotatable bonds is 5. The SMILES string of the molecule is Cc1ncc(-c2cccnc2)c(N2CCC(C)(C)CC2)c1C(OC(C)(C)C)C(=O)O. The Hall–Kier alpha value is -2.47. The van der Waals surface area contributed by atoms with Crippen molar-refractivity contribution in [3.8, 4) is 11.1 Å². The number of aryl methyl sites for hydroxylation is 1. The van der Waals surface area contributed by atoms with Crippen molar-refractivity contribution in [3.05, 3.63) is 42.0 Å². The molecule has 30 heavy (non-hydrogen) atoms. The molecular formula is C24H33N3O3. The number of pyridine rings is 2. The Morgan fingerprint density at radius 1 is 1.23 bits per heavy atom. The van der Waals surface area contributed by atoms with Gasteiger partial charge in [0.1, 0.15) is 0 Å². The highest BCUT2D eigenvalue weighted by Gasteiger charge is 2.35. The predicted octanol–water partition coefficient (Wildman–Crippen LogP) is 5.02. The average molecular weight is 412 g/mol. The van der Waals surface area contributed by atoms with Crippen LogP contribution >= 0.6 is 0 Å². The van der Waals surface area contributed by atoms with Gasteiger partial charge in [-0.2, -0.15) is 0 Å². The number of aromatic nitrogens is 2. The monoisotopic (exact) mass is 411 g/mol. The van der Waals surface area contributed by atoms with Crippen molar-refractivity contribution in [1.82, 2.24) is 9.97 Å². The first-order chi connectivity index (χ1) is 14.0. The zero-order valence-corrected chi connectivity index (χ0v) is 18.9. The zero-order chi connectivity index (χ0) is 22.1. The van der Waals surface area contributed by atoms with Crippen LogP contribution in [0.5, 0.6) is 0 Å². The fourth-order valence-electron chi connectivity index (χ4n) is 3.92. The van der Waals surface area contributed by atoms with Crippen LogP contribution in [0.3, 0.4) is 0 Å². The molecule has 1 saturated heterocycles. The number of anilines is 1. The Balaban J connectivity index is 2.21. The van der Waals surface area contributed by atoms with Crippen molar-refractivity contribution in [2.24, 2.45) is 5.41 Å². The van der Waals surface area contributed by atoms with E-state index in [1.807, 2.05) is 46.0 Å². The number of hydrogen-bond donors (Lipinski definition) is 1. The molecule has 0 radical (unpaired) electrons. The van der Waals surface area contributed by atoms with Crippen molar-refractivity contribution >= 4 is 11.7 Å². The number of carboxylic acid groups (broad SMARTS) is 1. The maximum absolute atomic E-state index is 12.3. The zero-order valence-electron chi connectivity index (χ0n) is 18.9. The third-order valence-electron chi connectivity index (χ3n) is 5.65. The Bertz CT molecular complexity index is 894. The molecule has 6 heteroatoms. The lowest BCUT2D eigenvalue weighted by Gasteiger charge is -2.40. The third-order valence-corrected chi connectivity index (χ3v) is 5.65. The van der Waals surface area contributed by atoms with Gasteiger partial charge in [0.25, 0.3) is 0 Å². The summed E-state index contributed by atoms with van der Waals surface area (Å²) in [6.45, 7) is 13.8. The van der Waals surface area contributed by atoms with Crippen molar-refractivity contribution in [3.63, 3.8) is 0 Å². The maximum atomic E-state index is 12.3. The van der Waals surface area contributed by atoms with Gasteiger partial charge in [-0.05, 0) is 52.0 Å². The number of carboxylic acids is 1. The van der Waals surface area contributed by atoms with Gasteiger partial charge in [-0.15, -0.1) is 0 Å². The number of carbonyl (C=O) groups is 1. The molecule has 2 aromatic heterocycles. The third kappa shape index (κ3) is 4.98. The normalized spacial score (nSPS) is 17.6. The van der Waals surface area contributed by atoms with Crippen LogP contribution in [0, 0.1) is 12.3 Å². The molecule has 0 aromatic carbocycles. The Labute approximate surface area is 179 Å². The molecule has 3 heterocycles. The molecule has 0 bridgehead atoms. The molecule has 0 aliphatic carbocycles. The summed E-state index contributed by atoms with van der Waals surface area (Å²) < 4.78 is 6.05. The molecule has 0 saturated carbocycles. The summed E-state index contributed by atoms with van der Waals surface area (Å²) in [5.74, 6) is -1.00. The topological polar surface area (TPSA) is 75.5 Å². The first kappa shape index (κ1) is 22.2. The van der Waals surface area contributed by atoms with Crippen LogP contribution in [0.15, 0.2) is 30.7 Å². The minimum Gasteiger partial charge on any atom is -0.479 e. The second-order valence-corrected chi connectivity index (χ2v) is 9.86. The molecule has 6 nitrogen and oxygen atoms in total. The molecule has 1 atom stereocenters. The van der Waals surface area contributed by atoms with Gasteiger partial charge in [-0.25, -0.2) is 4.79 Å². The second kappa shape index (κ2) is 8.34. The fourth-order valence-corrected chi connectivity index (χ4v) is 3.92. The smallest absolute Gasteiger partial charge is 0.337 e. The van der Waals surface area contributed by atoms with Crippen molar-refractivity contribution in [1.29, 1.82) is 0 Å². The van der Waals surface area contributed by atoms with Gasteiger partial charge in [0, 0.05) is 54.1 Å². The van der Waals surface area contributed by atoms with E-state index in [0.717, 1.165) is 42.7 Å². The highest BCUT2D eigenvalue weighted by atomic mass is 16.5. The number of hydrogen-bond acceptors (Lipinski definition) is 5. The molecule has 0 spiro atoms. The van der Waals surface area contributed by atoms with Crippen LogP contribution in [0.4, 0.5) is 5.69 Å². The first-order valence-electron chi connectivity index (χ1n) is 10.5. The minimum atomic E-state index is -1.10. The van der Waals surface area contributed by atoms with Gasteiger partial charge in [-0.1, -0.05) is 19.9 Å². The summed E-state index contributed by atoms with van der Waals surface area (Å²) in [5, 5.41) is 10.1. The molecule has 162 valence electrons. The molecule has 1 N–H and O–H groups in total. The quantitative estimate of drug-likeness (QED) is 0.745. The van der Waals surface area contributed by atoms with E-state index in [2.05, 4.69) is 28.7 Å². The van der Waals surface area contributed by atoms with Gasteiger partial charge < -0.3 is 14.7 Å².